The van der Waals surface area contributed by atoms with Gasteiger partial charge in [0.25, 0.3) is 0 Å². The summed E-state index contributed by atoms with van der Waals surface area (Å²) in [4.78, 5) is 11.9. The number of amides is 1. The Bertz CT molecular complexity index is 458. The number of hydrogen-bond acceptors (Lipinski definition) is 2. The minimum Gasteiger partial charge on any atom is -0.349 e. The van der Waals surface area contributed by atoms with E-state index in [1.807, 2.05) is 6.92 Å². The summed E-state index contributed by atoms with van der Waals surface area (Å²) < 4.78 is 26.6. The highest BCUT2D eigenvalue weighted by molar-refractivity contribution is 5.85. The van der Waals surface area contributed by atoms with E-state index in [-0.39, 0.29) is 18.3 Å². The topological polar surface area (TPSA) is 55.1 Å². The Hall–Kier alpha value is -1.20. The zero-order chi connectivity index (χ0) is 15.7. The Labute approximate surface area is 137 Å². The van der Waals surface area contributed by atoms with E-state index < -0.39 is 17.7 Å². The Morgan fingerprint density at radius 2 is 1.91 bits per heavy atom. The maximum absolute atomic E-state index is 13.7. The lowest BCUT2D eigenvalue weighted by Crippen LogP contribution is -2.28. The first-order valence-corrected chi connectivity index (χ1v) is 7.52. The second kappa shape index (κ2) is 11.4. The number of hydrogen-bond donors (Lipinski definition) is 2. The molecule has 126 valence electrons. The van der Waals surface area contributed by atoms with E-state index in [0.717, 1.165) is 31.7 Å². The van der Waals surface area contributed by atoms with Crippen LogP contribution in [0.1, 0.15) is 57.1 Å². The van der Waals surface area contributed by atoms with E-state index in [1.165, 1.54) is 12.1 Å². The summed E-state index contributed by atoms with van der Waals surface area (Å²) in [5.74, 6) is -1.33. The van der Waals surface area contributed by atoms with Crippen molar-refractivity contribution in [3.05, 3.63) is 35.4 Å². The van der Waals surface area contributed by atoms with Crippen molar-refractivity contribution >= 4 is 18.3 Å². The van der Waals surface area contributed by atoms with Crippen molar-refractivity contribution < 1.29 is 13.6 Å². The Kier molecular flexibility index (Phi) is 10.8. The molecule has 1 amide bonds. The van der Waals surface area contributed by atoms with Gasteiger partial charge in [-0.25, -0.2) is 8.78 Å². The summed E-state index contributed by atoms with van der Waals surface area (Å²) in [6, 6.07) is 3.03. The van der Waals surface area contributed by atoms with Crippen LogP contribution in [0, 0.1) is 11.6 Å². The molecule has 1 unspecified atom stereocenters. The third kappa shape index (κ3) is 7.18. The van der Waals surface area contributed by atoms with Crippen LogP contribution in [-0.2, 0) is 4.79 Å². The zero-order valence-corrected chi connectivity index (χ0v) is 13.7. The molecule has 0 radical (unpaired) electrons. The van der Waals surface area contributed by atoms with Crippen LogP contribution in [0.3, 0.4) is 0 Å². The maximum Gasteiger partial charge on any atom is 0.220 e. The largest absolute Gasteiger partial charge is 0.349 e. The van der Waals surface area contributed by atoms with Crippen LogP contribution in [0.15, 0.2) is 18.2 Å². The zero-order valence-electron chi connectivity index (χ0n) is 12.9. The fourth-order valence-corrected chi connectivity index (χ4v) is 2.23. The minimum atomic E-state index is -0.620. The molecule has 0 saturated heterocycles. The third-order valence-electron chi connectivity index (χ3n) is 3.44. The normalized spacial score (nSPS) is 11.6. The number of benzene rings is 1. The van der Waals surface area contributed by atoms with Crippen molar-refractivity contribution in [1.82, 2.24) is 5.32 Å². The summed E-state index contributed by atoms with van der Waals surface area (Å²) in [5.41, 5.74) is 5.73. The summed E-state index contributed by atoms with van der Waals surface area (Å²) in [6.45, 7) is 2.53. The fourth-order valence-electron chi connectivity index (χ4n) is 2.23. The van der Waals surface area contributed by atoms with E-state index in [0.29, 0.717) is 24.9 Å². The van der Waals surface area contributed by atoms with Crippen molar-refractivity contribution in [3.63, 3.8) is 0 Å². The van der Waals surface area contributed by atoms with Crippen molar-refractivity contribution in [2.45, 2.75) is 51.5 Å². The molecule has 3 nitrogen and oxygen atoms in total. The molecule has 0 heterocycles. The lowest BCUT2D eigenvalue weighted by molar-refractivity contribution is -0.122. The van der Waals surface area contributed by atoms with Gasteiger partial charge in [-0.05, 0) is 31.9 Å². The average Bonchev–Trinajstić information content (AvgIpc) is 2.45. The minimum absolute atomic E-state index is 0. The molecule has 22 heavy (non-hydrogen) atoms. The second-order valence-electron chi connectivity index (χ2n) is 5.15. The molecule has 0 aliphatic rings. The molecule has 1 rings (SSSR count). The van der Waals surface area contributed by atoms with Crippen molar-refractivity contribution in [1.29, 1.82) is 0 Å². The van der Waals surface area contributed by atoms with Gasteiger partial charge in [0.05, 0.1) is 6.04 Å². The summed E-state index contributed by atoms with van der Waals surface area (Å²) >= 11 is 0. The fraction of sp³-hybridized carbons (Fsp3) is 0.562. The molecule has 0 fully saturated rings. The van der Waals surface area contributed by atoms with E-state index in [4.69, 9.17) is 5.73 Å². The molecule has 0 aliphatic heterocycles. The lowest BCUT2D eigenvalue weighted by atomic mass is 10.0. The number of nitrogens with one attached hydrogen (secondary N) is 1. The first kappa shape index (κ1) is 20.8. The first-order valence-electron chi connectivity index (χ1n) is 7.52. The highest BCUT2D eigenvalue weighted by atomic mass is 35.5. The van der Waals surface area contributed by atoms with Gasteiger partial charge >= 0.3 is 0 Å². The smallest absolute Gasteiger partial charge is 0.220 e. The van der Waals surface area contributed by atoms with Crippen molar-refractivity contribution in [3.8, 4) is 0 Å². The number of carbonyl (C=O) groups is 1. The highest BCUT2D eigenvalue weighted by Crippen LogP contribution is 2.21. The summed E-state index contributed by atoms with van der Waals surface area (Å²) in [5, 5.41) is 2.81. The quantitative estimate of drug-likeness (QED) is 0.674. The predicted molar refractivity (Wildman–Crippen MR) is 86.9 cm³/mol. The van der Waals surface area contributed by atoms with Crippen molar-refractivity contribution in [2.75, 3.05) is 6.54 Å². The lowest BCUT2D eigenvalue weighted by Gasteiger charge is -2.18. The number of nitrogens with two attached hydrogens (primary N) is 1. The molecule has 1 atom stereocenters. The predicted octanol–water partition coefficient (Wildman–Crippen LogP) is 3.86. The molecule has 0 saturated carbocycles. The van der Waals surface area contributed by atoms with E-state index in [9.17, 15) is 13.6 Å². The van der Waals surface area contributed by atoms with Gasteiger partial charge < -0.3 is 11.1 Å². The second-order valence-corrected chi connectivity index (χ2v) is 5.15. The molecular formula is C16H25ClF2N2O. The molecule has 0 spiro atoms. The molecule has 3 N–H and O–H groups in total. The molecule has 1 aromatic rings. The van der Waals surface area contributed by atoms with Crippen LogP contribution in [-0.4, -0.2) is 12.5 Å². The molecular weight excluding hydrogens is 310 g/mol. The van der Waals surface area contributed by atoms with Crippen LogP contribution in [0.5, 0.6) is 0 Å². The van der Waals surface area contributed by atoms with Crippen LogP contribution in [0.4, 0.5) is 8.78 Å². The van der Waals surface area contributed by atoms with Crippen LogP contribution >= 0.6 is 12.4 Å². The van der Waals surface area contributed by atoms with Gasteiger partial charge in [-0.2, -0.15) is 0 Å². The number of carbonyl (C=O) groups excluding carboxylic acids is 1. The molecule has 0 bridgehead atoms. The maximum atomic E-state index is 13.7. The Morgan fingerprint density at radius 1 is 1.23 bits per heavy atom. The third-order valence-corrected chi connectivity index (χ3v) is 3.44. The number of unbranched alkanes of at least 4 members (excludes halogenated alkanes) is 3. The van der Waals surface area contributed by atoms with Crippen LogP contribution in [0.2, 0.25) is 0 Å². The monoisotopic (exact) mass is 334 g/mol. The van der Waals surface area contributed by atoms with Gasteiger partial charge in [-0.3, -0.25) is 4.79 Å². The Balaban J connectivity index is 0.00000441. The molecule has 1 aromatic carbocycles. The summed E-state index contributed by atoms with van der Waals surface area (Å²) in [6.07, 6.45) is 4.74. The van der Waals surface area contributed by atoms with Gasteiger partial charge in [-0.15, -0.1) is 12.4 Å². The van der Waals surface area contributed by atoms with Gasteiger partial charge in [-0.1, -0.05) is 25.8 Å². The number of rotatable bonds is 9. The SMILES string of the molecule is CCC(NC(=O)CCCCCCN)c1ccc(F)cc1F.Cl. The van der Waals surface area contributed by atoms with Crippen LogP contribution in [0.25, 0.3) is 0 Å². The summed E-state index contributed by atoms with van der Waals surface area (Å²) in [7, 11) is 0. The average molecular weight is 335 g/mol. The van der Waals surface area contributed by atoms with E-state index in [2.05, 4.69) is 5.32 Å². The van der Waals surface area contributed by atoms with Crippen molar-refractivity contribution in [2.24, 2.45) is 5.73 Å². The highest BCUT2D eigenvalue weighted by Gasteiger charge is 2.16. The molecule has 0 aromatic heterocycles. The van der Waals surface area contributed by atoms with Gasteiger partial charge in [0.15, 0.2) is 0 Å². The van der Waals surface area contributed by atoms with E-state index >= 15 is 0 Å². The van der Waals surface area contributed by atoms with Gasteiger partial charge in [0, 0.05) is 18.1 Å². The van der Waals surface area contributed by atoms with Crippen LogP contribution < -0.4 is 11.1 Å². The van der Waals surface area contributed by atoms with Gasteiger partial charge in [0.2, 0.25) is 5.91 Å². The van der Waals surface area contributed by atoms with E-state index in [1.54, 1.807) is 0 Å². The molecule has 6 heteroatoms. The van der Waals surface area contributed by atoms with Gasteiger partial charge in [0.1, 0.15) is 11.6 Å². The Morgan fingerprint density at radius 3 is 2.50 bits per heavy atom. The number of halogens is 3. The standard InChI is InChI=1S/C16H24F2N2O.ClH/c1-2-15(13-9-8-12(17)11-14(13)18)20-16(21)7-5-3-4-6-10-19;/h8-9,11,15H,2-7,10,19H2,1H3,(H,20,21);1H. The first-order chi connectivity index (χ1) is 10.1. The molecule has 0 aliphatic carbocycles.